The fourth-order valence-electron chi connectivity index (χ4n) is 2.06. The zero-order valence-electron chi connectivity index (χ0n) is 11.6. The molecule has 4 nitrogen and oxygen atoms in total. The van der Waals surface area contributed by atoms with Crippen LogP contribution in [-0.2, 0) is 0 Å². The summed E-state index contributed by atoms with van der Waals surface area (Å²) in [5, 5.41) is 3.71. The van der Waals surface area contributed by atoms with Crippen LogP contribution in [-0.4, -0.2) is 16.7 Å². The monoisotopic (exact) mass is 433 g/mol. The Morgan fingerprint density at radius 3 is 1.78 bits per heavy atom. The third kappa shape index (κ3) is 3.33. The molecular weight excluding hydrogens is 426 g/mol. The maximum atomic E-state index is 12.6. The van der Waals surface area contributed by atoms with Crippen LogP contribution in [0.5, 0.6) is 0 Å². The molecule has 2 aromatic carbocycles. The number of hydrogen-bond acceptors (Lipinski definition) is 4. The van der Waals surface area contributed by atoms with E-state index >= 15 is 0 Å². The van der Waals surface area contributed by atoms with E-state index in [2.05, 4.69) is 37.0 Å². The molecule has 0 spiro atoms. The molecule has 1 aromatic heterocycles. The van der Waals surface area contributed by atoms with Crippen molar-refractivity contribution >= 4 is 43.4 Å². The average molecular weight is 435 g/mol. The van der Waals surface area contributed by atoms with Crippen LogP contribution in [0.25, 0.3) is 0 Å². The molecule has 0 aliphatic rings. The summed E-state index contributed by atoms with van der Waals surface area (Å²) < 4.78 is 6.60. The normalized spacial score (nSPS) is 10.5. The predicted octanol–water partition coefficient (Wildman–Crippen LogP) is 4.66. The highest BCUT2D eigenvalue weighted by Crippen LogP contribution is 2.20. The third-order valence-corrected chi connectivity index (χ3v) is 4.30. The van der Waals surface area contributed by atoms with Crippen LogP contribution >= 0.6 is 31.9 Å². The molecular formula is C17H9Br2NO3. The Morgan fingerprint density at radius 2 is 1.26 bits per heavy atom. The van der Waals surface area contributed by atoms with Crippen LogP contribution in [0.3, 0.4) is 0 Å². The second kappa shape index (κ2) is 6.60. The number of carbonyl (C=O) groups is 2. The average Bonchev–Trinajstić information content (AvgIpc) is 3.04. The zero-order chi connectivity index (χ0) is 16.4. The van der Waals surface area contributed by atoms with E-state index in [1.165, 1.54) is 6.26 Å². The summed E-state index contributed by atoms with van der Waals surface area (Å²) in [5.74, 6) is -0.661. The van der Waals surface area contributed by atoms with Crippen molar-refractivity contribution in [3.63, 3.8) is 0 Å². The highest BCUT2D eigenvalue weighted by molar-refractivity contribution is 9.10. The first-order valence-electron chi connectivity index (χ1n) is 6.61. The largest absolute Gasteiger partial charge is 0.363 e. The molecule has 0 amide bonds. The van der Waals surface area contributed by atoms with Gasteiger partial charge in [-0.05, 0) is 48.5 Å². The fraction of sp³-hybridized carbons (Fsp3) is 0. The number of halogens is 2. The number of aromatic nitrogens is 1. The summed E-state index contributed by atoms with van der Waals surface area (Å²) in [6, 6.07) is 13.7. The number of hydrogen-bond donors (Lipinski definition) is 0. The van der Waals surface area contributed by atoms with Crippen molar-refractivity contribution in [3.05, 3.63) is 86.1 Å². The molecule has 0 atom stereocenters. The number of nitrogens with zero attached hydrogens (tertiary/aromatic N) is 1. The Hall–Kier alpha value is -2.05. The Bertz CT molecular complexity index is 796. The van der Waals surface area contributed by atoms with Gasteiger partial charge < -0.3 is 4.52 Å². The van der Waals surface area contributed by atoms with Crippen molar-refractivity contribution in [2.75, 3.05) is 0 Å². The summed E-state index contributed by atoms with van der Waals surface area (Å²) in [5.41, 5.74) is 1.06. The van der Waals surface area contributed by atoms with Gasteiger partial charge >= 0.3 is 0 Å². The molecule has 0 unspecified atom stereocenters. The Morgan fingerprint density at radius 1 is 0.783 bits per heavy atom. The van der Waals surface area contributed by atoms with E-state index in [1.54, 1.807) is 48.5 Å². The number of benzene rings is 2. The zero-order valence-corrected chi connectivity index (χ0v) is 14.8. The summed E-state index contributed by atoms with van der Waals surface area (Å²) >= 11 is 6.63. The third-order valence-electron chi connectivity index (χ3n) is 3.24. The molecule has 114 valence electrons. The van der Waals surface area contributed by atoms with Crippen LogP contribution < -0.4 is 0 Å². The van der Waals surface area contributed by atoms with Crippen molar-refractivity contribution in [2.24, 2.45) is 0 Å². The first-order valence-corrected chi connectivity index (χ1v) is 8.20. The van der Waals surface area contributed by atoms with Gasteiger partial charge in [-0.2, -0.15) is 0 Å². The van der Waals surface area contributed by atoms with Gasteiger partial charge in [0, 0.05) is 20.1 Å². The number of rotatable bonds is 4. The van der Waals surface area contributed by atoms with Gasteiger partial charge in [-0.3, -0.25) is 9.59 Å². The van der Waals surface area contributed by atoms with Gasteiger partial charge in [0.15, 0.2) is 11.5 Å². The molecule has 0 N–H and O–H groups in total. The maximum absolute atomic E-state index is 12.6. The van der Waals surface area contributed by atoms with Gasteiger partial charge in [-0.25, -0.2) is 0 Å². The lowest BCUT2D eigenvalue weighted by molar-refractivity contribution is 0.1000. The Kier molecular flexibility index (Phi) is 4.54. The van der Waals surface area contributed by atoms with Gasteiger partial charge in [0.1, 0.15) is 6.26 Å². The van der Waals surface area contributed by atoms with Gasteiger partial charge in [-0.15, -0.1) is 0 Å². The summed E-state index contributed by atoms with van der Waals surface area (Å²) in [4.78, 5) is 25.1. The van der Waals surface area contributed by atoms with Gasteiger partial charge in [0.2, 0.25) is 5.78 Å². The summed E-state index contributed by atoms with van der Waals surface area (Å²) in [7, 11) is 0. The van der Waals surface area contributed by atoms with Crippen LogP contribution in [0, 0.1) is 0 Å². The van der Waals surface area contributed by atoms with Crippen molar-refractivity contribution in [1.29, 1.82) is 0 Å². The summed E-state index contributed by atoms with van der Waals surface area (Å²) in [6.45, 7) is 0. The highest BCUT2D eigenvalue weighted by Gasteiger charge is 2.23. The molecule has 23 heavy (non-hydrogen) atoms. The molecule has 3 aromatic rings. The first kappa shape index (κ1) is 15.8. The topological polar surface area (TPSA) is 60.2 Å². The first-order chi connectivity index (χ1) is 11.1. The van der Waals surface area contributed by atoms with E-state index in [1.807, 2.05) is 0 Å². The molecule has 0 radical (unpaired) electrons. The SMILES string of the molecule is O=C(c1ccc(Br)cc1)c1conc1C(=O)c1ccc(Br)cc1. The second-order valence-electron chi connectivity index (χ2n) is 4.75. The lowest BCUT2D eigenvalue weighted by Gasteiger charge is -2.02. The molecule has 0 fully saturated rings. The quantitative estimate of drug-likeness (QED) is 0.560. The molecule has 1 heterocycles. The lowest BCUT2D eigenvalue weighted by atomic mass is 10.00. The number of ketones is 2. The van der Waals surface area contributed by atoms with Crippen molar-refractivity contribution in [2.45, 2.75) is 0 Å². The van der Waals surface area contributed by atoms with Gasteiger partial charge in [-0.1, -0.05) is 37.0 Å². The van der Waals surface area contributed by atoms with E-state index in [0.29, 0.717) is 11.1 Å². The van der Waals surface area contributed by atoms with E-state index in [0.717, 1.165) is 8.95 Å². The molecule has 3 rings (SSSR count). The van der Waals surface area contributed by atoms with E-state index < -0.39 is 0 Å². The van der Waals surface area contributed by atoms with Crippen LogP contribution in [0.2, 0.25) is 0 Å². The van der Waals surface area contributed by atoms with Gasteiger partial charge in [0.25, 0.3) is 0 Å². The Balaban J connectivity index is 1.96. The standard InChI is InChI=1S/C17H9Br2NO3/c18-12-5-1-10(2-6-12)16(21)14-9-23-20-15(14)17(22)11-3-7-13(19)8-4-11/h1-9H. The lowest BCUT2D eigenvalue weighted by Crippen LogP contribution is -2.10. The van der Waals surface area contributed by atoms with Crippen LogP contribution in [0.15, 0.2) is 68.3 Å². The van der Waals surface area contributed by atoms with Crippen LogP contribution in [0.4, 0.5) is 0 Å². The van der Waals surface area contributed by atoms with Crippen molar-refractivity contribution in [1.82, 2.24) is 5.16 Å². The van der Waals surface area contributed by atoms with Crippen LogP contribution in [0.1, 0.15) is 32.0 Å². The molecule has 0 saturated heterocycles. The smallest absolute Gasteiger partial charge is 0.215 e. The van der Waals surface area contributed by atoms with Crippen molar-refractivity contribution in [3.8, 4) is 0 Å². The molecule has 6 heteroatoms. The summed E-state index contributed by atoms with van der Waals surface area (Å²) in [6.07, 6.45) is 1.20. The minimum Gasteiger partial charge on any atom is -0.363 e. The molecule has 0 aliphatic heterocycles. The number of carbonyl (C=O) groups excluding carboxylic acids is 2. The highest BCUT2D eigenvalue weighted by atomic mass is 79.9. The minimum absolute atomic E-state index is 0.0141. The molecule has 0 saturated carbocycles. The fourth-order valence-corrected chi connectivity index (χ4v) is 2.58. The van der Waals surface area contributed by atoms with E-state index in [9.17, 15) is 9.59 Å². The Labute approximate surface area is 148 Å². The van der Waals surface area contributed by atoms with E-state index in [-0.39, 0.29) is 22.8 Å². The maximum Gasteiger partial charge on any atom is 0.215 e. The van der Waals surface area contributed by atoms with E-state index in [4.69, 9.17) is 4.52 Å². The van der Waals surface area contributed by atoms with Gasteiger partial charge in [0.05, 0.1) is 5.56 Å². The second-order valence-corrected chi connectivity index (χ2v) is 6.58. The molecule has 0 aliphatic carbocycles. The molecule has 0 bridgehead atoms. The predicted molar refractivity (Wildman–Crippen MR) is 91.7 cm³/mol. The minimum atomic E-state index is -0.355. The van der Waals surface area contributed by atoms with Crippen molar-refractivity contribution < 1.29 is 14.1 Å².